The highest BCUT2D eigenvalue weighted by atomic mass is 16.5. The highest BCUT2D eigenvalue weighted by Crippen LogP contribution is 2.34. The fourth-order valence-electron chi connectivity index (χ4n) is 4.61. The van der Waals surface area contributed by atoms with Gasteiger partial charge in [-0.2, -0.15) is 0 Å². The normalized spacial score (nSPS) is 19.8. The third-order valence-corrected chi connectivity index (χ3v) is 6.65. The van der Waals surface area contributed by atoms with Crippen LogP contribution in [0.15, 0.2) is 24.3 Å². The quantitative estimate of drug-likeness (QED) is 0.351. The summed E-state index contributed by atoms with van der Waals surface area (Å²) in [5, 5.41) is 0. The van der Waals surface area contributed by atoms with Crippen LogP contribution in [0.1, 0.15) is 42.6 Å². The molecule has 0 radical (unpaired) electrons. The summed E-state index contributed by atoms with van der Waals surface area (Å²) in [5.41, 5.74) is 1.35. The number of morpholine rings is 1. The molecule has 1 amide bonds. The van der Waals surface area contributed by atoms with Crippen molar-refractivity contribution >= 4 is 11.7 Å². The second-order valence-electron chi connectivity index (χ2n) is 9.24. The van der Waals surface area contributed by atoms with E-state index in [2.05, 4.69) is 23.8 Å². The Kier molecular flexibility index (Phi) is 10.6. The predicted octanol–water partition coefficient (Wildman–Crippen LogP) is 2.65. The van der Waals surface area contributed by atoms with Gasteiger partial charge in [-0.05, 0) is 45.0 Å². The van der Waals surface area contributed by atoms with Crippen LogP contribution in [0.25, 0.3) is 0 Å². The number of amides is 1. The molecule has 2 aliphatic rings. The lowest BCUT2D eigenvalue weighted by Gasteiger charge is -2.38. The first-order valence-corrected chi connectivity index (χ1v) is 12.8. The molecule has 2 heterocycles. The van der Waals surface area contributed by atoms with E-state index >= 15 is 0 Å². The number of piperazine rings is 1. The topological polar surface area (TPSA) is 71.6 Å². The maximum absolute atomic E-state index is 13.0. The molecule has 2 fully saturated rings. The van der Waals surface area contributed by atoms with Crippen molar-refractivity contribution in [3.63, 3.8) is 0 Å². The zero-order valence-corrected chi connectivity index (χ0v) is 21.8. The molecule has 0 aromatic heterocycles. The lowest BCUT2D eigenvalue weighted by molar-refractivity contribution is -0.134. The van der Waals surface area contributed by atoms with Gasteiger partial charge in [0.05, 0.1) is 32.0 Å². The Balaban J connectivity index is 1.64. The third kappa shape index (κ3) is 7.53. The van der Waals surface area contributed by atoms with Gasteiger partial charge in [-0.3, -0.25) is 14.5 Å². The number of rotatable bonds is 11. The number of benzene rings is 1. The van der Waals surface area contributed by atoms with Crippen LogP contribution in [0.2, 0.25) is 0 Å². The monoisotopic (exact) mass is 487 g/mol. The van der Waals surface area contributed by atoms with Crippen LogP contribution < -0.4 is 9.47 Å². The second-order valence-corrected chi connectivity index (χ2v) is 9.24. The number of hydrogen-bond acceptors (Lipinski definition) is 7. The fraction of sp³-hybridized carbons (Fsp3) is 0.630. The molecule has 1 aromatic carbocycles. The Bertz CT molecular complexity index is 880. The highest BCUT2D eigenvalue weighted by molar-refractivity contribution is 6.09. The van der Waals surface area contributed by atoms with Crippen molar-refractivity contribution in [2.24, 2.45) is 0 Å². The Morgan fingerprint density at radius 3 is 2.57 bits per heavy atom. The van der Waals surface area contributed by atoms with Gasteiger partial charge in [0.1, 0.15) is 11.5 Å². The number of hydrogen-bond donors (Lipinski definition) is 0. The first kappa shape index (κ1) is 27.2. The van der Waals surface area contributed by atoms with E-state index in [0.29, 0.717) is 37.6 Å². The van der Waals surface area contributed by atoms with E-state index in [1.54, 1.807) is 18.1 Å². The SMILES string of the molecule is CCCCc1c(OCC)ccc(C(=O)C=CC(=O)N2CCOC(CN3CCN(C)CC3)C2)c1OC. The molecule has 0 saturated carbocycles. The molecule has 0 bridgehead atoms. The number of allylic oxidation sites excluding steroid dienone is 1. The summed E-state index contributed by atoms with van der Waals surface area (Å²) >= 11 is 0. The minimum atomic E-state index is -0.252. The van der Waals surface area contributed by atoms with Crippen LogP contribution in [0.5, 0.6) is 11.5 Å². The molecule has 8 nitrogen and oxygen atoms in total. The zero-order chi connectivity index (χ0) is 25.2. The van der Waals surface area contributed by atoms with Crippen LogP contribution in [-0.2, 0) is 16.0 Å². The van der Waals surface area contributed by atoms with E-state index in [-0.39, 0.29) is 17.8 Å². The van der Waals surface area contributed by atoms with Crippen molar-refractivity contribution in [2.45, 2.75) is 39.2 Å². The van der Waals surface area contributed by atoms with E-state index in [1.807, 2.05) is 13.0 Å². The van der Waals surface area contributed by atoms with Crippen LogP contribution in [-0.4, -0.2) is 106 Å². The van der Waals surface area contributed by atoms with Crippen LogP contribution in [0, 0.1) is 0 Å². The molecule has 0 aliphatic carbocycles. The number of likely N-dealkylation sites (N-methyl/N-ethyl adjacent to an activating group) is 1. The maximum atomic E-state index is 13.0. The standard InChI is InChI=1S/C27H41N3O5/c1-5-7-8-23-25(34-6-2)11-9-22(27(23)33-4)24(31)10-12-26(32)30-17-18-35-21(20-30)19-29-15-13-28(3)14-16-29/h9-12,21H,5-8,13-20H2,1-4H3. The molecule has 194 valence electrons. The van der Waals surface area contributed by atoms with Crippen molar-refractivity contribution in [1.29, 1.82) is 0 Å². The summed E-state index contributed by atoms with van der Waals surface area (Å²) in [4.78, 5) is 32.4. The molecule has 1 unspecified atom stereocenters. The third-order valence-electron chi connectivity index (χ3n) is 6.65. The lowest BCUT2D eigenvalue weighted by atomic mass is 9.99. The molecule has 1 aromatic rings. The first-order valence-electron chi connectivity index (χ1n) is 12.8. The van der Waals surface area contributed by atoms with Crippen LogP contribution in [0.4, 0.5) is 0 Å². The van der Waals surface area contributed by atoms with Gasteiger partial charge < -0.3 is 24.0 Å². The van der Waals surface area contributed by atoms with Crippen molar-refractivity contribution in [3.8, 4) is 11.5 Å². The average molecular weight is 488 g/mol. The average Bonchev–Trinajstić information content (AvgIpc) is 2.87. The zero-order valence-electron chi connectivity index (χ0n) is 21.8. The molecule has 2 saturated heterocycles. The number of nitrogens with zero attached hydrogens (tertiary/aromatic N) is 3. The summed E-state index contributed by atoms with van der Waals surface area (Å²) < 4.78 is 17.3. The Morgan fingerprint density at radius 1 is 1.11 bits per heavy atom. The minimum absolute atomic E-state index is 0.00691. The summed E-state index contributed by atoms with van der Waals surface area (Å²) in [5.74, 6) is 0.860. The number of ether oxygens (including phenoxy) is 3. The summed E-state index contributed by atoms with van der Waals surface area (Å²) in [6.07, 6.45) is 5.48. The van der Waals surface area contributed by atoms with Gasteiger partial charge in [0, 0.05) is 57.5 Å². The molecule has 3 rings (SSSR count). The summed E-state index contributed by atoms with van der Waals surface area (Å²) in [7, 11) is 3.71. The van der Waals surface area contributed by atoms with Crippen molar-refractivity contribution < 1.29 is 23.8 Å². The maximum Gasteiger partial charge on any atom is 0.246 e. The minimum Gasteiger partial charge on any atom is -0.496 e. The van der Waals surface area contributed by atoms with Crippen molar-refractivity contribution in [2.75, 3.05) is 73.2 Å². The molecule has 1 atom stereocenters. The molecule has 35 heavy (non-hydrogen) atoms. The van der Waals surface area contributed by atoms with Gasteiger partial charge in [-0.1, -0.05) is 13.3 Å². The predicted molar refractivity (Wildman–Crippen MR) is 137 cm³/mol. The summed E-state index contributed by atoms with van der Waals surface area (Å²) in [6.45, 7) is 11.1. The summed E-state index contributed by atoms with van der Waals surface area (Å²) in [6, 6.07) is 3.54. The molecule has 2 aliphatic heterocycles. The van der Waals surface area contributed by atoms with Crippen LogP contribution in [0.3, 0.4) is 0 Å². The van der Waals surface area contributed by atoms with Gasteiger partial charge in [0.15, 0.2) is 5.78 Å². The van der Waals surface area contributed by atoms with Gasteiger partial charge in [-0.15, -0.1) is 0 Å². The number of unbranched alkanes of at least 4 members (excludes halogenated alkanes) is 1. The number of carbonyl (C=O) groups is 2. The molecule has 0 N–H and O–H groups in total. The smallest absolute Gasteiger partial charge is 0.246 e. The fourth-order valence-corrected chi connectivity index (χ4v) is 4.61. The molecule has 0 spiro atoms. The Labute approximate surface area is 209 Å². The van der Waals surface area contributed by atoms with Gasteiger partial charge >= 0.3 is 0 Å². The number of ketones is 1. The van der Waals surface area contributed by atoms with Crippen molar-refractivity contribution in [3.05, 3.63) is 35.4 Å². The number of methoxy groups -OCH3 is 1. The molecular weight excluding hydrogens is 446 g/mol. The van der Waals surface area contributed by atoms with Gasteiger partial charge in [0.25, 0.3) is 0 Å². The Hall–Kier alpha value is -2.42. The van der Waals surface area contributed by atoms with E-state index in [0.717, 1.165) is 63.3 Å². The van der Waals surface area contributed by atoms with E-state index in [4.69, 9.17) is 14.2 Å². The van der Waals surface area contributed by atoms with E-state index < -0.39 is 0 Å². The van der Waals surface area contributed by atoms with Crippen molar-refractivity contribution in [1.82, 2.24) is 14.7 Å². The largest absolute Gasteiger partial charge is 0.496 e. The van der Waals surface area contributed by atoms with E-state index in [1.165, 1.54) is 12.2 Å². The lowest BCUT2D eigenvalue weighted by Crippen LogP contribution is -2.52. The second kappa shape index (κ2) is 13.6. The highest BCUT2D eigenvalue weighted by Gasteiger charge is 2.26. The van der Waals surface area contributed by atoms with Crippen LogP contribution >= 0.6 is 0 Å². The number of carbonyl (C=O) groups excluding carboxylic acids is 2. The van der Waals surface area contributed by atoms with E-state index in [9.17, 15) is 9.59 Å². The van der Waals surface area contributed by atoms with Gasteiger partial charge in [0.2, 0.25) is 5.91 Å². The molecular formula is C27H41N3O5. The first-order chi connectivity index (χ1) is 17.0. The molecule has 8 heteroatoms. The Morgan fingerprint density at radius 2 is 1.89 bits per heavy atom. The van der Waals surface area contributed by atoms with Gasteiger partial charge in [-0.25, -0.2) is 0 Å².